The van der Waals surface area contributed by atoms with Crippen LogP contribution in [-0.2, 0) is 26.6 Å². The molecule has 0 aromatic heterocycles. The molecule has 3 heterocycles. The van der Waals surface area contributed by atoms with Crippen LogP contribution in [0.15, 0.2) is 48.5 Å². The predicted octanol–water partition coefficient (Wildman–Crippen LogP) is 8.37. The number of halogens is 6. The van der Waals surface area contributed by atoms with Crippen molar-refractivity contribution < 1.29 is 40.6 Å². The fourth-order valence-corrected chi connectivity index (χ4v) is 6.92. The van der Waals surface area contributed by atoms with Gasteiger partial charge < -0.3 is 14.2 Å². The largest absolute Gasteiger partial charge is 0.416 e. The monoisotopic (exact) mass is 599 g/mol. The second-order valence-corrected chi connectivity index (χ2v) is 12.7. The number of nitrogens with zero attached hydrogens (tertiary/aromatic N) is 1. The molecule has 4 nitrogen and oxygen atoms in total. The third kappa shape index (κ3) is 6.51. The van der Waals surface area contributed by atoms with Crippen molar-refractivity contribution in [2.45, 2.75) is 101 Å². The lowest BCUT2D eigenvalue weighted by Crippen LogP contribution is -2.54. The average molecular weight is 600 g/mol. The number of benzene rings is 2. The number of rotatable bonds is 5. The minimum Gasteiger partial charge on any atom is -0.369 e. The zero-order chi connectivity index (χ0) is 30.5. The topological polar surface area (TPSA) is 30.9 Å². The maximum absolute atomic E-state index is 13.5. The third-order valence-electron chi connectivity index (χ3n) is 9.53. The van der Waals surface area contributed by atoms with E-state index in [1.807, 2.05) is 30.3 Å². The van der Waals surface area contributed by atoms with Gasteiger partial charge in [-0.2, -0.15) is 26.3 Å². The van der Waals surface area contributed by atoms with Crippen molar-refractivity contribution in [3.8, 4) is 0 Å². The molecule has 10 heteroatoms. The Labute approximate surface area is 243 Å². The first-order chi connectivity index (χ1) is 19.6. The molecule has 0 radical (unpaired) electrons. The van der Waals surface area contributed by atoms with E-state index in [4.69, 9.17) is 14.2 Å². The molecule has 42 heavy (non-hydrogen) atoms. The van der Waals surface area contributed by atoms with Crippen LogP contribution in [0.1, 0.15) is 87.7 Å². The van der Waals surface area contributed by atoms with E-state index in [9.17, 15) is 26.3 Å². The van der Waals surface area contributed by atoms with Crippen LogP contribution in [0, 0.1) is 5.92 Å². The Balaban J connectivity index is 1.39. The van der Waals surface area contributed by atoms with Gasteiger partial charge >= 0.3 is 12.4 Å². The minimum atomic E-state index is -4.93. The van der Waals surface area contributed by atoms with Crippen molar-refractivity contribution in [2.75, 3.05) is 19.7 Å². The van der Waals surface area contributed by atoms with Gasteiger partial charge in [0.2, 0.25) is 0 Å². The number of ether oxygens (including phenoxy) is 3. The molecule has 0 saturated carbocycles. The second-order valence-electron chi connectivity index (χ2n) is 12.7. The summed E-state index contributed by atoms with van der Waals surface area (Å²) in [5, 5.41) is 0. The number of likely N-dealkylation sites (tertiary alicyclic amines) is 1. The zero-order valence-corrected chi connectivity index (χ0v) is 24.4. The summed E-state index contributed by atoms with van der Waals surface area (Å²) in [5.41, 5.74) is -2.29. The summed E-state index contributed by atoms with van der Waals surface area (Å²) in [6, 6.07) is 11.3. The van der Waals surface area contributed by atoms with E-state index in [-0.39, 0.29) is 34.8 Å². The maximum Gasteiger partial charge on any atom is 0.416 e. The third-order valence-corrected chi connectivity index (χ3v) is 9.53. The molecule has 3 fully saturated rings. The molecule has 2 aromatic carbocycles. The van der Waals surface area contributed by atoms with E-state index in [0.29, 0.717) is 12.5 Å². The summed E-state index contributed by atoms with van der Waals surface area (Å²) in [5.74, 6) is 0.168. The number of alkyl halides is 6. The molecule has 1 spiro atoms. The summed E-state index contributed by atoms with van der Waals surface area (Å²) < 4.78 is 100. The van der Waals surface area contributed by atoms with Gasteiger partial charge in [-0.15, -0.1) is 0 Å². The van der Waals surface area contributed by atoms with Gasteiger partial charge in [0.25, 0.3) is 0 Å². The molecule has 3 saturated heterocycles. The number of hydrogen-bond donors (Lipinski definition) is 0. The zero-order valence-electron chi connectivity index (χ0n) is 24.4. The van der Waals surface area contributed by atoms with Crippen LogP contribution in [0.3, 0.4) is 0 Å². The molecule has 0 amide bonds. The highest BCUT2D eigenvalue weighted by Crippen LogP contribution is 2.48. The highest BCUT2D eigenvalue weighted by Gasteiger charge is 2.51. The van der Waals surface area contributed by atoms with Crippen molar-refractivity contribution >= 4 is 0 Å². The predicted molar refractivity (Wildman–Crippen MR) is 146 cm³/mol. The molecular formula is C32H39F6NO3. The van der Waals surface area contributed by atoms with E-state index >= 15 is 0 Å². The second kappa shape index (κ2) is 11.4. The molecule has 3 aliphatic heterocycles. The van der Waals surface area contributed by atoms with Gasteiger partial charge in [0.1, 0.15) is 0 Å². The highest BCUT2D eigenvalue weighted by molar-refractivity contribution is 5.35. The summed E-state index contributed by atoms with van der Waals surface area (Å²) in [6.45, 7) is 10.0. The molecule has 2 aromatic rings. The first kappa shape index (κ1) is 31.3. The average Bonchev–Trinajstić information content (AvgIpc) is 3.15. The van der Waals surface area contributed by atoms with E-state index < -0.39 is 35.9 Å². The molecule has 232 valence electrons. The lowest BCUT2D eigenvalue weighted by atomic mass is 9.80. The maximum atomic E-state index is 13.5. The fraction of sp³-hybridized carbons (Fsp3) is 0.625. The molecular weight excluding hydrogens is 560 g/mol. The van der Waals surface area contributed by atoms with Gasteiger partial charge in [0, 0.05) is 19.1 Å². The van der Waals surface area contributed by atoms with Crippen LogP contribution in [0.5, 0.6) is 0 Å². The van der Waals surface area contributed by atoms with Crippen LogP contribution >= 0.6 is 0 Å². The van der Waals surface area contributed by atoms with Crippen LogP contribution in [-0.4, -0.2) is 48.1 Å². The van der Waals surface area contributed by atoms with Crippen LogP contribution in [0.4, 0.5) is 26.3 Å². The Kier molecular flexibility index (Phi) is 8.50. The molecule has 0 N–H and O–H groups in total. The van der Waals surface area contributed by atoms with E-state index in [0.717, 1.165) is 56.5 Å². The van der Waals surface area contributed by atoms with Crippen LogP contribution < -0.4 is 0 Å². The lowest BCUT2D eigenvalue weighted by molar-refractivity contribution is -0.214. The van der Waals surface area contributed by atoms with Crippen molar-refractivity contribution in [2.24, 2.45) is 5.92 Å². The molecule has 0 bridgehead atoms. The summed E-state index contributed by atoms with van der Waals surface area (Å²) in [4.78, 5) is 2.43. The Morgan fingerprint density at radius 3 is 2.05 bits per heavy atom. The van der Waals surface area contributed by atoms with Gasteiger partial charge in [-0.1, -0.05) is 37.3 Å². The lowest BCUT2D eigenvalue weighted by Gasteiger charge is -2.48. The SMILES string of the molecule is CC1CC2(CCN([C@H]3CCO[C@H](O[C@H](C)c4cc(C(F)(F)F)cc(C(F)(F)F)c4)[C@H]3c3ccccc3)CC2)OC1(C)C. The highest BCUT2D eigenvalue weighted by atomic mass is 19.4. The quantitative estimate of drug-likeness (QED) is 0.323. The van der Waals surface area contributed by atoms with Crippen LogP contribution in [0.2, 0.25) is 0 Å². The summed E-state index contributed by atoms with van der Waals surface area (Å²) >= 11 is 0. The summed E-state index contributed by atoms with van der Waals surface area (Å²) in [6.07, 6.45) is -8.27. The van der Waals surface area contributed by atoms with Gasteiger partial charge in [0.05, 0.1) is 41.0 Å². The summed E-state index contributed by atoms with van der Waals surface area (Å²) in [7, 11) is 0. The van der Waals surface area contributed by atoms with Gasteiger partial charge in [-0.25, -0.2) is 0 Å². The molecule has 1 unspecified atom stereocenters. The van der Waals surface area contributed by atoms with Gasteiger partial charge in [-0.3, -0.25) is 4.90 Å². The first-order valence-electron chi connectivity index (χ1n) is 14.6. The number of piperidine rings is 1. The van der Waals surface area contributed by atoms with Gasteiger partial charge in [0.15, 0.2) is 6.29 Å². The minimum absolute atomic E-state index is 0.0229. The Hall–Kier alpha value is -2.14. The Bertz CT molecular complexity index is 1190. The molecule has 0 aliphatic carbocycles. The van der Waals surface area contributed by atoms with E-state index in [2.05, 4.69) is 25.7 Å². The van der Waals surface area contributed by atoms with E-state index in [1.54, 1.807) is 0 Å². The smallest absolute Gasteiger partial charge is 0.369 e. The normalized spacial score (nSPS) is 29.1. The standard InChI is InChI=1S/C32H39F6NO3/c1-20-19-30(42-29(20,3)4)11-13-39(14-12-30)26-10-15-40-28(27(26)22-8-6-5-7-9-22)41-21(2)23-16-24(31(33,34)35)18-25(17-23)32(36,37)38/h5-9,16-18,20-21,26-28H,10-15,19H2,1-4H3/t20?,21-,26+,27+,28-/m1/s1. The Morgan fingerprint density at radius 1 is 0.929 bits per heavy atom. The van der Waals surface area contributed by atoms with Crippen molar-refractivity contribution in [1.29, 1.82) is 0 Å². The molecule has 5 atom stereocenters. The molecule has 3 aliphatic rings. The van der Waals surface area contributed by atoms with Gasteiger partial charge in [-0.05, 0) is 81.7 Å². The fourth-order valence-electron chi connectivity index (χ4n) is 6.92. The molecule has 5 rings (SSSR count). The van der Waals surface area contributed by atoms with Crippen molar-refractivity contribution in [3.63, 3.8) is 0 Å². The first-order valence-corrected chi connectivity index (χ1v) is 14.6. The van der Waals surface area contributed by atoms with E-state index in [1.165, 1.54) is 6.92 Å². The Morgan fingerprint density at radius 2 is 1.52 bits per heavy atom. The van der Waals surface area contributed by atoms with Crippen molar-refractivity contribution in [1.82, 2.24) is 4.90 Å². The number of hydrogen-bond acceptors (Lipinski definition) is 4. The van der Waals surface area contributed by atoms with Crippen molar-refractivity contribution in [3.05, 3.63) is 70.8 Å². The van der Waals surface area contributed by atoms with Crippen LogP contribution in [0.25, 0.3) is 0 Å².